The molecule has 96 valence electrons. The zero-order valence-corrected chi connectivity index (χ0v) is 11.1. The van der Waals surface area contributed by atoms with E-state index in [-0.39, 0.29) is 24.6 Å². The summed E-state index contributed by atoms with van der Waals surface area (Å²) in [7, 11) is 0. The fraction of sp³-hybridized carbons (Fsp3) is 0.571. The molecule has 0 heterocycles. The molecule has 0 aromatic heterocycles. The van der Waals surface area contributed by atoms with Crippen LogP contribution in [0.2, 0.25) is 0 Å². The predicted molar refractivity (Wildman–Crippen MR) is 73.3 cm³/mol. The van der Waals surface area contributed by atoms with Crippen LogP contribution in [0.3, 0.4) is 0 Å². The Morgan fingerprint density at radius 2 is 1.94 bits per heavy atom. The van der Waals surface area contributed by atoms with E-state index in [0.29, 0.717) is 5.92 Å². The van der Waals surface area contributed by atoms with Gasteiger partial charge in [0.25, 0.3) is 0 Å². The molecule has 1 aliphatic carbocycles. The summed E-state index contributed by atoms with van der Waals surface area (Å²) in [5.41, 5.74) is 8.39. The molecule has 0 aliphatic heterocycles. The van der Waals surface area contributed by atoms with E-state index in [1.54, 1.807) is 0 Å². The third-order valence-corrected chi connectivity index (χ3v) is 3.68. The highest BCUT2D eigenvalue weighted by molar-refractivity contribution is 5.85. The number of aryl methyl sites for hydroxylation is 1. The molecule has 0 saturated heterocycles. The first-order valence-corrected chi connectivity index (χ1v) is 6.18. The molecular formula is C14H22ClNO. The van der Waals surface area contributed by atoms with Crippen molar-refractivity contribution >= 4 is 12.4 Å². The summed E-state index contributed by atoms with van der Waals surface area (Å²) in [5.74, 6) is 0.399. The molecule has 0 spiro atoms. The highest BCUT2D eigenvalue weighted by Crippen LogP contribution is 2.32. The lowest BCUT2D eigenvalue weighted by atomic mass is 9.90. The molecular weight excluding hydrogens is 234 g/mol. The zero-order chi connectivity index (χ0) is 11.5. The van der Waals surface area contributed by atoms with Gasteiger partial charge in [-0.05, 0) is 31.2 Å². The van der Waals surface area contributed by atoms with E-state index < -0.39 is 0 Å². The number of hydrogen-bond donors (Lipinski definition) is 2. The van der Waals surface area contributed by atoms with Crippen LogP contribution in [-0.2, 0) is 0 Å². The van der Waals surface area contributed by atoms with Crippen molar-refractivity contribution in [1.82, 2.24) is 0 Å². The lowest BCUT2D eigenvalue weighted by Gasteiger charge is -2.24. The van der Waals surface area contributed by atoms with Gasteiger partial charge in [0, 0.05) is 0 Å². The first kappa shape index (κ1) is 14.5. The van der Waals surface area contributed by atoms with E-state index >= 15 is 0 Å². The molecule has 2 atom stereocenters. The first-order chi connectivity index (χ1) is 7.68. The maximum Gasteiger partial charge on any atom is 0.0760 e. The van der Waals surface area contributed by atoms with Crippen molar-refractivity contribution in [2.45, 2.75) is 44.8 Å². The Morgan fingerprint density at radius 3 is 2.53 bits per heavy atom. The Balaban J connectivity index is 0.00000144. The monoisotopic (exact) mass is 255 g/mol. The molecule has 1 aromatic rings. The molecule has 0 radical (unpaired) electrons. The molecule has 1 fully saturated rings. The highest BCUT2D eigenvalue weighted by Gasteiger charge is 2.28. The van der Waals surface area contributed by atoms with Gasteiger partial charge in [0.15, 0.2) is 0 Å². The topological polar surface area (TPSA) is 46.2 Å². The Labute approximate surface area is 110 Å². The summed E-state index contributed by atoms with van der Waals surface area (Å²) in [6, 6.07) is 7.91. The molecule has 0 bridgehead atoms. The van der Waals surface area contributed by atoms with Crippen LogP contribution in [-0.4, -0.2) is 11.2 Å². The van der Waals surface area contributed by atoms with Gasteiger partial charge in [-0.15, -0.1) is 12.4 Å². The van der Waals surface area contributed by atoms with Crippen molar-refractivity contribution < 1.29 is 5.11 Å². The quantitative estimate of drug-likeness (QED) is 0.872. The van der Waals surface area contributed by atoms with Crippen LogP contribution in [0.15, 0.2) is 24.3 Å². The van der Waals surface area contributed by atoms with Crippen LogP contribution in [0.25, 0.3) is 0 Å². The van der Waals surface area contributed by atoms with Crippen molar-refractivity contribution in [3.8, 4) is 0 Å². The van der Waals surface area contributed by atoms with Gasteiger partial charge in [-0.25, -0.2) is 0 Å². The van der Waals surface area contributed by atoms with Gasteiger partial charge in [-0.1, -0.05) is 42.7 Å². The van der Waals surface area contributed by atoms with Crippen molar-refractivity contribution in [1.29, 1.82) is 0 Å². The number of aliphatic hydroxyl groups is 1. The second kappa shape index (κ2) is 6.39. The Morgan fingerprint density at radius 1 is 1.29 bits per heavy atom. The maximum absolute atomic E-state index is 10.2. The minimum absolute atomic E-state index is 0. The lowest BCUT2D eigenvalue weighted by molar-refractivity contribution is 0.0845. The second-order valence-corrected chi connectivity index (χ2v) is 4.98. The summed E-state index contributed by atoms with van der Waals surface area (Å²) in [5, 5.41) is 10.2. The summed E-state index contributed by atoms with van der Waals surface area (Å²) in [6.45, 7) is 2.05. The number of rotatable bonds is 3. The fourth-order valence-corrected chi connectivity index (χ4v) is 2.67. The van der Waals surface area contributed by atoms with Crippen molar-refractivity contribution in [3.63, 3.8) is 0 Å². The standard InChI is InChI=1S/C14H21NO.ClH/c1-10-5-4-8-12(9-10)13(15)14(16)11-6-2-3-7-11;/h4-5,8-9,11,13-14,16H,2-3,6-7,15H2,1H3;1H/t13-,14+;/m1./s1. The molecule has 1 aliphatic rings. The van der Waals surface area contributed by atoms with Gasteiger partial charge in [-0.3, -0.25) is 0 Å². The minimum Gasteiger partial charge on any atom is -0.391 e. The smallest absolute Gasteiger partial charge is 0.0760 e. The van der Waals surface area contributed by atoms with E-state index in [1.807, 2.05) is 12.1 Å². The Kier molecular flexibility index (Phi) is 5.44. The molecule has 3 N–H and O–H groups in total. The van der Waals surface area contributed by atoms with E-state index in [4.69, 9.17) is 5.73 Å². The number of aliphatic hydroxyl groups excluding tert-OH is 1. The third-order valence-electron chi connectivity index (χ3n) is 3.68. The van der Waals surface area contributed by atoms with E-state index in [0.717, 1.165) is 18.4 Å². The van der Waals surface area contributed by atoms with Gasteiger partial charge in [0.1, 0.15) is 0 Å². The summed E-state index contributed by atoms with van der Waals surface area (Å²) < 4.78 is 0. The number of halogens is 1. The van der Waals surface area contributed by atoms with E-state index in [1.165, 1.54) is 18.4 Å². The van der Waals surface area contributed by atoms with Gasteiger partial charge in [0.2, 0.25) is 0 Å². The van der Waals surface area contributed by atoms with Crippen LogP contribution in [0, 0.1) is 12.8 Å². The van der Waals surface area contributed by atoms with E-state index in [2.05, 4.69) is 19.1 Å². The molecule has 1 saturated carbocycles. The average molecular weight is 256 g/mol. The van der Waals surface area contributed by atoms with Crippen molar-refractivity contribution in [2.75, 3.05) is 0 Å². The molecule has 1 aromatic carbocycles. The molecule has 2 rings (SSSR count). The molecule has 17 heavy (non-hydrogen) atoms. The van der Waals surface area contributed by atoms with Gasteiger partial charge in [-0.2, -0.15) is 0 Å². The maximum atomic E-state index is 10.2. The molecule has 3 heteroatoms. The van der Waals surface area contributed by atoms with Crippen LogP contribution in [0.4, 0.5) is 0 Å². The van der Waals surface area contributed by atoms with Gasteiger partial charge in [0.05, 0.1) is 12.1 Å². The SMILES string of the molecule is Cc1cccc([C@@H](N)[C@@H](O)C2CCCC2)c1.Cl. The molecule has 2 nitrogen and oxygen atoms in total. The largest absolute Gasteiger partial charge is 0.391 e. The van der Waals surface area contributed by atoms with Crippen LogP contribution < -0.4 is 5.73 Å². The normalized spacial score (nSPS) is 19.7. The highest BCUT2D eigenvalue weighted by atomic mass is 35.5. The number of nitrogens with two attached hydrogens (primary N) is 1. The zero-order valence-electron chi connectivity index (χ0n) is 10.3. The Hall–Kier alpha value is -0.570. The third kappa shape index (κ3) is 3.44. The van der Waals surface area contributed by atoms with Crippen LogP contribution >= 0.6 is 12.4 Å². The predicted octanol–water partition coefficient (Wildman–Crippen LogP) is 2.97. The number of hydrogen-bond acceptors (Lipinski definition) is 2. The first-order valence-electron chi connectivity index (χ1n) is 6.18. The lowest BCUT2D eigenvalue weighted by Crippen LogP contribution is -2.31. The number of benzene rings is 1. The fourth-order valence-electron chi connectivity index (χ4n) is 2.67. The van der Waals surface area contributed by atoms with Crippen LogP contribution in [0.1, 0.15) is 42.9 Å². The van der Waals surface area contributed by atoms with Gasteiger partial charge >= 0.3 is 0 Å². The molecule has 0 amide bonds. The van der Waals surface area contributed by atoms with Crippen molar-refractivity contribution in [2.24, 2.45) is 11.7 Å². The minimum atomic E-state index is -0.385. The molecule has 0 unspecified atom stereocenters. The van der Waals surface area contributed by atoms with Crippen LogP contribution in [0.5, 0.6) is 0 Å². The average Bonchev–Trinajstić information content (AvgIpc) is 2.80. The van der Waals surface area contributed by atoms with E-state index in [9.17, 15) is 5.11 Å². The summed E-state index contributed by atoms with van der Waals surface area (Å²) in [6.07, 6.45) is 4.34. The summed E-state index contributed by atoms with van der Waals surface area (Å²) >= 11 is 0. The Bertz CT molecular complexity index is 350. The summed E-state index contributed by atoms with van der Waals surface area (Å²) in [4.78, 5) is 0. The van der Waals surface area contributed by atoms with Gasteiger partial charge < -0.3 is 10.8 Å². The van der Waals surface area contributed by atoms with Crippen molar-refractivity contribution in [3.05, 3.63) is 35.4 Å². The second-order valence-electron chi connectivity index (χ2n) is 4.98.